The molecular weight excluding hydrogens is 619 g/mol. The van der Waals surface area contributed by atoms with Gasteiger partial charge in [0, 0.05) is 45.1 Å². The molecule has 2 saturated heterocycles. The number of carbonyl (C=O) groups excluding carboxylic acids is 1. The normalized spacial score (nSPS) is 18.6. The summed E-state index contributed by atoms with van der Waals surface area (Å²) in [6, 6.07) is 3.94. The van der Waals surface area contributed by atoms with Crippen molar-refractivity contribution < 1.29 is 78.7 Å². The lowest BCUT2D eigenvalue weighted by atomic mass is 10.1. The lowest BCUT2D eigenvalue weighted by Gasteiger charge is -2.37. The summed E-state index contributed by atoms with van der Waals surface area (Å²) in [4.78, 5) is 49.8. The van der Waals surface area contributed by atoms with Crippen LogP contribution in [0.2, 0.25) is 0 Å². The summed E-state index contributed by atoms with van der Waals surface area (Å²) in [7, 11) is 4.18. The number of ether oxygens (including phenoxy) is 1. The summed E-state index contributed by atoms with van der Waals surface area (Å²) in [5, 5.41) is 21.4. The van der Waals surface area contributed by atoms with Crippen LogP contribution in [0.4, 0.5) is 39.5 Å². The van der Waals surface area contributed by atoms with Gasteiger partial charge in [0.05, 0.1) is 24.3 Å². The molecule has 246 valence electrons. The molecule has 3 heterocycles. The molecule has 1 amide bonds. The molecular formula is C22H27F9N4O8. The Morgan fingerprint density at radius 2 is 1.37 bits per heavy atom. The smallest absolute Gasteiger partial charge is 0.475 e. The molecule has 43 heavy (non-hydrogen) atoms. The van der Waals surface area contributed by atoms with Gasteiger partial charge in [0.2, 0.25) is 0 Å². The lowest BCUT2D eigenvalue weighted by Crippen LogP contribution is -2.52. The van der Waals surface area contributed by atoms with Crippen molar-refractivity contribution in [2.24, 2.45) is 0 Å². The van der Waals surface area contributed by atoms with E-state index in [2.05, 4.69) is 28.9 Å². The minimum atomic E-state index is -5.08. The predicted molar refractivity (Wildman–Crippen MR) is 125 cm³/mol. The van der Waals surface area contributed by atoms with Crippen LogP contribution in [0.5, 0.6) is 0 Å². The average Bonchev–Trinajstić information content (AvgIpc) is 3.32. The number of morpholine rings is 1. The van der Waals surface area contributed by atoms with Crippen LogP contribution in [0.15, 0.2) is 24.5 Å². The van der Waals surface area contributed by atoms with Gasteiger partial charge >= 0.3 is 36.4 Å². The Balaban J connectivity index is 0.000000690. The Labute approximate surface area is 237 Å². The van der Waals surface area contributed by atoms with E-state index in [1.165, 1.54) is 0 Å². The van der Waals surface area contributed by atoms with Crippen LogP contribution >= 0.6 is 0 Å². The zero-order valence-electron chi connectivity index (χ0n) is 22.3. The van der Waals surface area contributed by atoms with E-state index in [0.717, 1.165) is 32.8 Å². The van der Waals surface area contributed by atoms with Crippen LogP contribution in [0.3, 0.4) is 0 Å². The highest BCUT2D eigenvalue weighted by Crippen LogP contribution is 2.24. The molecule has 2 aliphatic heterocycles. The summed E-state index contributed by atoms with van der Waals surface area (Å²) in [5.74, 6) is -8.22. The standard InChI is InChI=1S/C16H24N4O2.3C2HF3O2/c1-18(2)6-7-19-8-9-22-15-12-20(11-14(15)19)16(21)13-4-3-5-17-10-13;3*3-2(4,5)1(6)7/h3-5,10,14-15H,6-9,11-12H2,1-2H3;3*(H,6,7)/t14-,15+;;;/m1.../s1. The average molecular weight is 646 g/mol. The summed E-state index contributed by atoms with van der Waals surface area (Å²) < 4.78 is 101. The Bertz CT molecular complexity index is 997. The van der Waals surface area contributed by atoms with E-state index in [0.29, 0.717) is 18.2 Å². The van der Waals surface area contributed by atoms with Crippen molar-refractivity contribution in [3.05, 3.63) is 30.1 Å². The number of nitrogens with zero attached hydrogens (tertiary/aromatic N) is 4. The van der Waals surface area contributed by atoms with Gasteiger partial charge in [-0.05, 0) is 26.2 Å². The van der Waals surface area contributed by atoms with E-state index in [1.54, 1.807) is 18.5 Å². The van der Waals surface area contributed by atoms with Crippen LogP contribution in [-0.2, 0) is 19.1 Å². The molecule has 3 rings (SSSR count). The monoisotopic (exact) mass is 646 g/mol. The fraction of sp³-hybridized carbons (Fsp3) is 0.591. The molecule has 0 radical (unpaired) electrons. The lowest BCUT2D eigenvalue weighted by molar-refractivity contribution is -0.193. The molecule has 0 unspecified atom stereocenters. The maximum absolute atomic E-state index is 12.6. The third-order valence-electron chi connectivity index (χ3n) is 5.17. The molecule has 2 fully saturated rings. The highest BCUT2D eigenvalue weighted by atomic mass is 19.4. The highest BCUT2D eigenvalue weighted by Gasteiger charge is 2.42. The molecule has 1 aromatic heterocycles. The van der Waals surface area contributed by atoms with E-state index >= 15 is 0 Å². The van der Waals surface area contributed by atoms with Gasteiger partial charge < -0.3 is 29.9 Å². The zero-order chi connectivity index (χ0) is 33.8. The second-order valence-electron chi connectivity index (χ2n) is 8.68. The van der Waals surface area contributed by atoms with Gasteiger partial charge in [-0.25, -0.2) is 14.4 Å². The third kappa shape index (κ3) is 15.4. The van der Waals surface area contributed by atoms with E-state index in [1.807, 2.05) is 11.0 Å². The summed E-state index contributed by atoms with van der Waals surface area (Å²) in [5.41, 5.74) is 0.654. The van der Waals surface area contributed by atoms with Crippen molar-refractivity contribution in [3.8, 4) is 0 Å². The number of aliphatic carboxylic acids is 3. The Morgan fingerprint density at radius 1 is 0.907 bits per heavy atom. The number of halogens is 9. The number of hydrogen-bond donors (Lipinski definition) is 3. The number of alkyl halides is 9. The molecule has 21 heteroatoms. The van der Waals surface area contributed by atoms with Gasteiger partial charge in [-0.15, -0.1) is 0 Å². The van der Waals surface area contributed by atoms with Crippen LogP contribution in [-0.4, -0.2) is 143 Å². The molecule has 3 N–H and O–H groups in total. The van der Waals surface area contributed by atoms with Gasteiger partial charge in [0.1, 0.15) is 0 Å². The van der Waals surface area contributed by atoms with Crippen LogP contribution in [0, 0.1) is 0 Å². The molecule has 0 spiro atoms. The van der Waals surface area contributed by atoms with E-state index in [-0.39, 0.29) is 12.0 Å². The van der Waals surface area contributed by atoms with E-state index in [9.17, 15) is 44.3 Å². The number of amides is 1. The Hall–Kier alpha value is -3.72. The van der Waals surface area contributed by atoms with Crippen molar-refractivity contribution in [2.45, 2.75) is 30.7 Å². The number of aromatic nitrogens is 1. The number of rotatable bonds is 4. The molecule has 1 aromatic rings. The maximum atomic E-state index is 12.6. The van der Waals surface area contributed by atoms with Gasteiger partial charge in [-0.3, -0.25) is 14.7 Å². The molecule has 2 atom stereocenters. The Morgan fingerprint density at radius 3 is 1.74 bits per heavy atom. The van der Waals surface area contributed by atoms with Crippen molar-refractivity contribution in [1.82, 2.24) is 19.7 Å². The quantitative estimate of drug-likeness (QED) is 0.411. The van der Waals surface area contributed by atoms with Crippen molar-refractivity contribution in [3.63, 3.8) is 0 Å². The number of likely N-dealkylation sites (tertiary alicyclic amines) is 1. The summed E-state index contributed by atoms with van der Waals surface area (Å²) in [6.45, 7) is 5.17. The fourth-order valence-corrected chi connectivity index (χ4v) is 3.20. The largest absolute Gasteiger partial charge is 0.490 e. The predicted octanol–water partition coefficient (Wildman–Crippen LogP) is 2.07. The zero-order valence-corrected chi connectivity index (χ0v) is 22.3. The first kappa shape index (κ1) is 39.3. The number of carboxylic acid groups (broad SMARTS) is 3. The van der Waals surface area contributed by atoms with Gasteiger partial charge in [-0.2, -0.15) is 39.5 Å². The van der Waals surface area contributed by atoms with Gasteiger partial charge in [0.25, 0.3) is 5.91 Å². The molecule has 12 nitrogen and oxygen atoms in total. The minimum Gasteiger partial charge on any atom is -0.475 e. The number of fused-ring (bicyclic) bond motifs is 1. The first-order valence-electron chi connectivity index (χ1n) is 11.6. The van der Waals surface area contributed by atoms with Gasteiger partial charge in [0.15, 0.2) is 0 Å². The van der Waals surface area contributed by atoms with E-state index < -0.39 is 36.4 Å². The third-order valence-corrected chi connectivity index (χ3v) is 5.17. The maximum Gasteiger partial charge on any atom is 0.490 e. The molecule has 0 saturated carbocycles. The molecule has 0 bridgehead atoms. The van der Waals surface area contributed by atoms with E-state index in [4.69, 9.17) is 34.4 Å². The van der Waals surface area contributed by atoms with Crippen molar-refractivity contribution in [1.29, 1.82) is 0 Å². The number of carbonyl (C=O) groups is 4. The minimum absolute atomic E-state index is 0.0543. The molecule has 0 aromatic carbocycles. The van der Waals surface area contributed by atoms with Crippen LogP contribution < -0.4 is 0 Å². The number of hydrogen-bond acceptors (Lipinski definition) is 8. The van der Waals surface area contributed by atoms with Crippen molar-refractivity contribution in [2.75, 3.05) is 53.4 Å². The number of likely N-dealkylation sites (N-methyl/N-ethyl adjacent to an activating group) is 1. The summed E-state index contributed by atoms with van der Waals surface area (Å²) >= 11 is 0. The SMILES string of the molecule is CN(C)CCN1CCO[C@H]2CN(C(=O)c3cccnc3)C[C@H]21.O=C(O)C(F)(F)F.O=C(O)C(F)(F)F.O=C(O)C(F)(F)F. The second-order valence-corrected chi connectivity index (χ2v) is 8.68. The first-order chi connectivity index (χ1) is 19.5. The number of carboxylic acids is 3. The van der Waals surface area contributed by atoms with Crippen molar-refractivity contribution >= 4 is 23.8 Å². The second kappa shape index (κ2) is 16.8. The molecule has 0 aliphatic carbocycles. The molecule has 2 aliphatic rings. The fourth-order valence-electron chi connectivity index (χ4n) is 3.20. The van der Waals surface area contributed by atoms with Crippen LogP contribution in [0.1, 0.15) is 10.4 Å². The number of pyridine rings is 1. The Kier molecular flexibility index (Phi) is 15.3. The van der Waals surface area contributed by atoms with Crippen LogP contribution in [0.25, 0.3) is 0 Å². The summed E-state index contributed by atoms with van der Waals surface area (Å²) in [6.07, 6.45) is -11.8. The topological polar surface area (TPSA) is 161 Å². The van der Waals surface area contributed by atoms with Gasteiger partial charge in [-0.1, -0.05) is 0 Å². The highest BCUT2D eigenvalue weighted by molar-refractivity contribution is 5.94. The first-order valence-corrected chi connectivity index (χ1v) is 11.6.